The molecule has 0 saturated heterocycles. The number of nitrogens with zero attached hydrogens (tertiary/aromatic N) is 3. The van der Waals surface area contributed by atoms with Gasteiger partial charge in [-0.2, -0.15) is 0 Å². The number of fused-ring (bicyclic) bond motifs is 1. The van der Waals surface area contributed by atoms with Crippen LogP contribution in [0.2, 0.25) is 5.02 Å². The molecule has 0 radical (unpaired) electrons. The molecule has 2 aromatic carbocycles. The molecule has 2 unspecified atom stereocenters. The number of carbonyl (C=O) groups excluding carboxylic acids is 1. The third-order valence-electron chi connectivity index (χ3n) is 5.25. The molecular formula is C22H24ClN5O2S. The highest BCUT2D eigenvalue weighted by atomic mass is 35.5. The summed E-state index contributed by atoms with van der Waals surface area (Å²) in [6.07, 6.45) is 0.718. The lowest BCUT2D eigenvalue weighted by Gasteiger charge is -2.33. The van der Waals surface area contributed by atoms with Gasteiger partial charge in [0.1, 0.15) is 11.0 Å². The van der Waals surface area contributed by atoms with E-state index in [4.69, 9.17) is 16.3 Å². The van der Waals surface area contributed by atoms with Gasteiger partial charge in [0.25, 0.3) is 0 Å². The minimum absolute atomic E-state index is 0.117. The molecule has 2 heterocycles. The Morgan fingerprint density at radius 3 is 2.74 bits per heavy atom. The number of ether oxygens (including phenoxy) is 1. The molecule has 3 aromatic rings. The second-order valence-corrected chi connectivity index (χ2v) is 8.95. The molecule has 1 amide bonds. The fraction of sp³-hybridized carbons (Fsp3) is 0.318. The summed E-state index contributed by atoms with van der Waals surface area (Å²) in [6.45, 7) is 6.03. The largest absolute Gasteiger partial charge is 0.495 e. The number of hydrogen-bond donors (Lipinski definition) is 2. The van der Waals surface area contributed by atoms with Crippen LogP contribution in [0.3, 0.4) is 0 Å². The minimum Gasteiger partial charge on any atom is -0.495 e. The number of hydrogen-bond acceptors (Lipinski definition) is 6. The Morgan fingerprint density at radius 1 is 1.26 bits per heavy atom. The average Bonchev–Trinajstić information content (AvgIpc) is 3.16. The van der Waals surface area contributed by atoms with E-state index in [0.29, 0.717) is 15.9 Å². The van der Waals surface area contributed by atoms with Crippen molar-refractivity contribution < 1.29 is 9.53 Å². The Balaban J connectivity index is 1.70. The number of halogens is 1. The Bertz CT molecular complexity index is 1130. The predicted molar refractivity (Wildman–Crippen MR) is 124 cm³/mol. The molecule has 4 rings (SSSR count). The molecule has 31 heavy (non-hydrogen) atoms. The van der Waals surface area contributed by atoms with Gasteiger partial charge in [-0.3, -0.25) is 4.79 Å². The smallest absolute Gasteiger partial charge is 0.240 e. The maximum Gasteiger partial charge on any atom is 0.240 e. The second-order valence-electron chi connectivity index (χ2n) is 7.43. The fourth-order valence-corrected chi connectivity index (χ4v) is 4.98. The Kier molecular flexibility index (Phi) is 6.11. The quantitative estimate of drug-likeness (QED) is 0.586. The molecule has 1 aliphatic heterocycles. The summed E-state index contributed by atoms with van der Waals surface area (Å²) in [5.41, 5.74) is 7.26. The zero-order chi connectivity index (χ0) is 22.1. The van der Waals surface area contributed by atoms with Gasteiger partial charge < -0.3 is 15.5 Å². The molecule has 0 saturated carbocycles. The van der Waals surface area contributed by atoms with Gasteiger partial charge in [0, 0.05) is 12.1 Å². The number of anilines is 1. The number of carbonyl (C=O) groups is 1. The van der Waals surface area contributed by atoms with Crippen molar-refractivity contribution in [3.8, 4) is 5.75 Å². The molecule has 7 nitrogen and oxygen atoms in total. The lowest BCUT2D eigenvalue weighted by atomic mass is 10.0. The van der Waals surface area contributed by atoms with Gasteiger partial charge in [-0.05, 0) is 43.2 Å². The zero-order valence-corrected chi connectivity index (χ0v) is 19.3. The van der Waals surface area contributed by atoms with Crippen molar-refractivity contribution in [3.05, 3.63) is 63.9 Å². The fourth-order valence-electron chi connectivity index (χ4n) is 3.61. The van der Waals surface area contributed by atoms with Crippen molar-refractivity contribution in [2.75, 3.05) is 17.9 Å². The molecule has 1 aliphatic rings. The van der Waals surface area contributed by atoms with Crippen LogP contribution in [0.15, 0.2) is 41.6 Å². The molecule has 2 N–H and O–H groups in total. The van der Waals surface area contributed by atoms with E-state index in [-0.39, 0.29) is 11.9 Å². The normalized spacial score (nSPS) is 17.6. The van der Waals surface area contributed by atoms with Crippen molar-refractivity contribution in [1.82, 2.24) is 14.9 Å². The van der Waals surface area contributed by atoms with Crippen molar-refractivity contribution in [2.24, 2.45) is 0 Å². The van der Waals surface area contributed by atoms with Crippen molar-refractivity contribution in [2.45, 2.75) is 43.6 Å². The maximum absolute atomic E-state index is 13.4. The summed E-state index contributed by atoms with van der Waals surface area (Å²) in [5.74, 6) is 1.28. The van der Waals surface area contributed by atoms with Gasteiger partial charge in [-0.25, -0.2) is 4.68 Å². The van der Waals surface area contributed by atoms with Crippen LogP contribution in [0, 0.1) is 13.8 Å². The van der Waals surface area contributed by atoms with Crippen molar-refractivity contribution in [1.29, 1.82) is 0 Å². The van der Waals surface area contributed by atoms with E-state index in [1.165, 1.54) is 11.8 Å². The van der Waals surface area contributed by atoms with E-state index < -0.39 is 5.25 Å². The van der Waals surface area contributed by atoms with E-state index in [2.05, 4.69) is 20.9 Å². The first-order valence-corrected chi connectivity index (χ1v) is 11.3. The van der Waals surface area contributed by atoms with Crippen LogP contribution in [0.1, 0.15) is 35.5 Å². The van der Waals surface area contributed by atoms with Gasteiger partial charge in [0.15, 0.2) is 5.82 Å². The van der Waals surface area contributed by atoms with Crippen LogP contribution in [0.25, 0.3) is 0 Å². The number of nitrogens with one attached hydrogen (secondary N) is 2. The molecule has 0 aliphatic carbocycles. The summed E-state index contributed by atoms with van der Waals surface area (Å²) < 4.78 is 7.14. The average molecular weight is 458 g/mol. The van der Waals surface area contributed by atoms with E-state index in [1.54, 1.807) is 7.11 Å². The van der Waals surface area contributed by atoms with Gasteiger partial charge in [-0.1, -0.05) is 54.0 Å². The number of thioether (sulfide) groups is 1. The topological polar surface area (TPSA) is 81.1 Å². The standard InChI is InChI=1S/C22H24ClN5O2S/c1-5-18-25-26-22-28(18)27-19(14-7-9-17(30-4)15(23)11-14)20(31-22)21(29)24-16-8-6-12(2)10-13(16)3/h6-11,19-20,27H,5H2,1-4H3,(H,24,29). The Labute approximate surface area is 190 Å². The molecule has 2 atom stereocenters. The molecule has 0 bridgehead atoms. The van der Waals surface area contributed by atoms with E-state index in [0.717, 1.165) is 34.6 Å². The minimum atomic E-state index is -0.480. The van der Waals surface area contributed by atoms with Crippen LogP contribution in [-0.4, -0.2) is 33.1 Å². The summed E-state index contributed by atoms with van der Waals surface area (Å²) in [6, 6.07) is 11.2. The number of rotatable bonds is 5. The first-order valence-electron chi connectivity index (χ1n) is 10.00. The SMILES string of the molecule is CCc1nnc2n1NC(c1ccc(OC)c(Cl)c1)C(C(=O)Nc1ccc(C)cc1C)S2. The first kappa shape index (κ1) is 21.5. The second kappa shape index (κ2) is 8.80. The predicted octanol–water partition coefficient (Wildman–Crippen LogP) is 4.52. The molecular weight excluding hydrogens is 434 g/mol. The Morgan fingerprint density at radius 2 is 2.06 bits per heavy atom. The summed E-state index contributed by atoms with van der Waals surface area (Å²) in [7, 11) is 1.58. The van der Waals surface area contributed by atoms with E-state index in [1.807, 2.05) is 61.8 Å². The number of benzene rings is 2. The zero-order valence-electron chi connectivity index (χ0n) is 17.8. The highest BCUT2D eigenvalue weighted by molar-refractivity contribution is 8.00. The number of amides is 1. The highest BCUT2D eigenvalue weighted by Gasteiger charge is 2.38. The molecule has 162 valence electrons. The Hall–Kier alpha value is -2.71. The molecule has 0 fully saturated rings. The van der Waals surface area contributed by atoms with Gasteiger partial charge in [-0.15, -0.1) is 10.2 Å². The third kappa shape index (κ3) is 4.22. The first-order chi connectivity index (χ1) is 14.9. The molecule has 9 heteroatoms. The molecule has 1 aromatic heterocycles. The lowest BCUT2D eigenvalue weighted by molar-refractivity contribution is -0.116. The van der Waals surface area contributed by atoms with Gasteiger partial charge >= 0.3 is 0 Å². The lowest BCUT2D eigenvalue weighted by Crippen LogP contribution is -2.41. The van der Waals surface area contributed by atoms with E-state index >= 15 is 0 Å². The van der Waals surface area contributed by atoms with Crippen LogP contribution in [0.4, 0.5) is 5.69 Å². The summed E-state index contributed by atoms with van der Waals surface area (Å²) >= 11 is 7.78. The van der Waals surface area contributed by atoms with Crippen molar-refractivity contribution in [3.63, 3.8) is 0 Å². The summed E-state index contributed by atoms with van der Waals surface area (Å²) in [5, 5.41) is 12.3. The van der Waals surface area contributed by atoms with Crippen LogP contribution < -0.4 is 15.5 Å². The molecule has 0 spiro atoms. The van der Waals surface area contributed by atoms with Gasteiger partial charge in [0.2, 0.25) is 11.1 Å². The summed E-state index contributed by atoms with van der Waals surface area (Å²) in [4.78, 5) is 13.4. The van der Waals surface area contributed by atoms with Crippen LogP contribution in [0.5, 0.6) is 5.75 Å². The number of aromatic nitrogens is 3. The van der Waals surface area contributed by atoms with Crippen LogP contribution in [-0.2, 0) is 11.2 Å². The van der Waals surface area contributed by atoms with Gasteiger partial charge in [0.05, 0.1) is 18.2 Å². The monoisotopic (exact) mass is 457 g/mol. The third-order valence-corrected chi connectivity index (χ3v) is 6.76. The van der Waals surface area contributed by atoms with Crippen LogP contribution >= 0.6 is 23.4 Å². The number of aryl methyl sites for hydroxylation is 3. The maximum atomic E-state index is 13.4. The number of methoxy groups -OCH3 is 1. The van der Waals surface area contributed by atoms with E-state index in [9.17, 15) is 4.79 Å². The van der Waals surface area contributed by atoms with Crippen molar-refractivity contribution >= 4 is 35.0 Å². The highest BCUT2D eigenvalue weighted by Crippen LogP contribution is 2.39.